The molecule has 0 amide bonds. The summed E-state index contributed by atoms with van der Waals surface area (Å²) >= 11 is 0. The molecule has 3 aromatic rings. The van der Waals surface area contributed by atoms with Crippen LogP contribution in [0.4, 0.5) is 0 Å². The van der Waals surface area contributed by atoms with Gasteiger partial charge in [-0.15, -0.1) is 12.4 Å². The second-order valence-electron chi connectivity index (χ2n) is 9.18. The van der Waals surface area contributed by atoms with Gasteiger partial charge in [0.1, 0.15) is 19.0 Å². The van der Waals surface area contributed by atoms with Crippen LogP contribution in [0.25, 0.3) is 10.9 Å². The quantitative estimate of drug-likeness (QED) is 0.534. The van der Waals surface area contributed by atoms with E-state index in [1.54, 1.807) is 13.2 Å². The van der Waals surface area contributed by atoms with E-state index in [4.69, 9.17) is 14.2 Å². The zero-order chi connectivity index (χ0) is 23.5. The lowest BCUT2D eigenvalue weighted by Gasteiger charge is -2.32. The second-order valence-corrected chi connectivity index (χ2v) is 9.18. The number of aromatic nitrogens is 1. The number of likely N-dealkylation sites (tertiary alicyclic amines) is 1. The van der Waals surface area contributed by atoms with Gasteiger partial charge in [-0.2, -0.15) is 0 Å². The molecule has 3 heterocycles. The van der Waals surface area contributed by atoms with E-state index in [0.29, 0.717) is 25.8 Å². The number of aryl methyl sites for hydroxylation is 1. The molecular weight excluding hydrogens is 466 g/mol. The number of hydrogen-bond donors (Lipinski definition) is 1. The van der Waals surface area contributed by atoms with Crippen LogP contribution in [0, 0.1) is 6.92 Å². The van der Waals surface area contributed by atoms with Crippen molar-refractivity contribution in [2.24, 2.45) is 0 Å². The second kappa shape index (κ2) is 11.3. The first-order valence-electron chi connectivity index (χ1n) is 12.1. The number of benzene rings is 2. The fourth-order valence-corrected chi connectivity index (χ4v) is 4.95. The summed E-state index contributed by atoms with van der Waals surface area (Å²) in [6.45, 7) is 7.67. The van der Waals surface area contributed by atoms with Gasteiger partial charge in [0.15, 0.2) is 11.5 Å². The largest absolute Gasteiger partial charge is 0.497 e. The maximum Gasteiger partial charge on any atom is 0.251 e. The minimum atomic E-state index is 0. The van der Waals surface area contributed by atoms with Gasteiger partial charge < -0.3 is 29.0 Å². The topological polar surface area (TPSA) is 65.0 Å². The van der Waals surface area contributed by atoms with Crippen LogP contribution in [0.15, 0.2) is 47.3 Å². The third-order valence-electron chi connectivity index (χ3n) is 6.95. The number of halogens is 1. The van der Waals surface area contributed by atoms with Crippen molar-refractivity contribution in [2.45, 2.75) is 38.9 Å². The van der Waals surface area contributed by atoms with Crippen LogP contribution in [0.3, 0.4) is 0 Å². The highest BCUT2D eigenvalue weighted by Crippen LogP contribution is 2.30. The van der Waals surface area contributed by atoms with E-state index in [1.807, 2.05) is 35.8 Å². The van der Waals surface area contributed by atoms with Crippen molar-refractivity contribution >= 4 is 23.3 Å². The van der Waals surface area contributed by atoms with E-state index in [2.05, 4.69) is 22.3 Å². The number of nitrogens with zero attached hydrogens (tertiary/aromatic N) is 2. The Kier molecular flexibility index (Phi) is 8.21. The Morgan fingerprint density at radius 2 is 1.77 bits per heavy atom. The van der Waals surface area contributed by atoms with Crippen LogP contribution in [0.2, 0.25) is 0 Å². The van der Waals surface area contributed by atoms with Gasteiger partial charge in [0.25, 0.3) is 5.56 Å². The summed E-state index contributed by atoms with van der Waals surface area (Å²) in [5.74, 6) is 2.49. The number of ether oxygens (including phenoxy) is 3. The highest BCUT2D eigenvalue weighted by Gasteiger charge is 2.20. The third kappa shape index (κ3) is 5.74. The van der Waals surface area contributed by atoms with Gasteiger partial charge in [-0.3, -0.25) is 4.79 Å². The van der Waals surface area contributed by atoms with Crippen LogP contribution >= 0.6 is 12.4 Å². The number of hydrogen-bond acceptors (Lipinski definition) is 6. The van der Waals surface area contributed by atoms with Crippen LogP contribution < -0.4 is 25.1 Å². The summed E-state index contributed by atoms with van der Waals surface area (Å²) < 4.78 is 18.6. The predicted molar refractivity (Wildman–Crippen MR) is 140 cm³/mol. The lowest BCUT2D eigenvalue weighted by molar-refractivity contribution is 0.171. The molecule has 2 aliphatic rings. The summed E-state index contributed by atoms with van der Waals surface area (Å²) in [6, 6.07) is 14.4. The first-order valence-corrected chi connectivity index (χ1v) is 12.1. The standard InChI is InChI=1S/C27H33N3O4.ClH/c1-19-15-27(31)30(24-5-4-22(32-2)17-23(19)24)12-11-29-9-7-21(8-10-29)28-18-20-3-6-25-26(16-20)34-14-13-33-25;/h3-6,15-17,21,28H,7-14,18H2,1-2H3;1H. The zero-order valence-corrected chi connectivity index (χ0v) is 21.2. The van der Waals surface area contributed by atoms with Gasteiger partial charge in [0.05, 0.1) is 12.6 Å². The SMILES string of the molecule is COc1ccc2c(c1)c(C)cc(=O)n2CCN1CCC(NCc2ccc3c(c2)OCCO3)CC1.Cl. The van der Waals surface area contributed by atoms with Crippen molar-refractivity contribution in [3.63, 3.8) is 0 Å². The third-order valence-corrected chi connectivity index (χ3v) is 6.95. The van der Waals surface area contributed by atoms with E-state index in [0.717, 1.165) is 72.7 Å². The number of rotatable bonds is 7. The minimum Gasteiger partial charge on any atom is -0.497 e. The molecule has 0 bridgehead atoms. The smallest absolute Gasteiger partial charge is 0.251 e. The lowest BCUT2D eigenvalue weighted by atomic mass is 10.0. The van der Waals surface area contributed by atoms with Gasteiger partial charge in [0.2, 0.25) is 0 Å². The molecule has 5 rings (SSSR count). The molecule has 0 aliphatic carbocycles. The normalized spacial score (nSPS) is 16.2. The van der Waals surface area contributed by atoms with Crippen molar-refractivity contribution in [3.8, 4) is 17.2 Å². The van der Waals surface area contributed by atoms with E-state index in [1.165, 1.54) is 5.56 Å². The summed E-state index contributed by atoms with van der Waals surface area (Å²) in [7, 11) is 1.67. The fourth-order valence-electron chi connectivity index (χ4n) is 4.95. The average Bonchev–Trinajstić information content (AvgIpc) is 2.87. The van der Waals surface area contributed by atoms with Crippen LogP contribution in [0.5, 0.6) is 17.2 Å². The molecule has 7 nitrogen and oxygen atoms in total. The molecule has 8 heteroatoms. The molecule has 2 aromatic carbocycles. The van der Waals surface area contributed by atoms with Gasteiger partial charge in [-0.1, -0.05) is 6.07 Å². The van der Waals surface area contributed by atoms with Crippen LogP contribution in [-0.2, 0) is 13.1 Å². The number of nitrogens with one attached hydrogen (secondary N) is 1. The molecule has 1 N–H and O–H groups in total. The number of piperidine rings is 1. The molecule has 0 unspecified atom stereocenters. The predicted octanol–water partition coefficient (Wildman–Crippen LogP) is 3.77. The van der Waals surface area contributed by atoms with E-state index >= 15 is 0 Å². The monoisotopic (exact) mass is 499 g/mol. The van der Waals surface area contributed by atoms with E-state index in [9.17, 15) is 4.79 Å². The van der Waals surface area contributed by atoms with Crippen LogP contribution in [-0.4, -0.2) is 55.5 Å². The molecule has 0 radical (unpaired) electrons. The van der Waals surface area contributed by atoms with E-state index in [-0.39, 0.29) is 18.0 Å². The van der Waals surface area contributed by atoms with Gasteiger partial charge >= 0.3 is 0 Å². The lowest BCUT2D eigenvalue weighted by Crippen LogP contribution is -2.43. The summed E-state index contributed by atoms with van der Waals surface area (Å²) in [4.78, 5) is 15.2. The van der Waals surface area contributed by atoms with Crippen molar-refractivity contribution in [1.82, 2.24) is 14.8 Å². The maximum atomic E-state index is 12.7. The van der Waals surface area contributed by atoms with Crippen molar-refractivity contribution < 1.29 is 14.2 Å². The van der Waals surface area contributed by atoms with Gasteiger partial charge in [-0.05, 0) is 74.3 Å². The molecule has 1 fully saturated rings. The number of fused-ring (bicyclic) bond motifs is 2. The Labute approximate surface area is 212 Å². The van der Waals surface area contributed by atoms with Crippen molar-refractivity contribution in [2.75, 3.05) is 40.0 Å². The molecule has 35 heavy (non-hydrogen) atoms. The summed E-state index contributed by atoms with van der Waals surface area (Å²) in [5.41, 5.74) is 3.24. The van der Waals surface area contributed by atoms with Crippen molar-refractivity contribution in [3.05, 3.63) is 63.9 Å². The molecule has 0 atom stereocenters. The fraction of sp³-hybridized carbons (Fsp3) is 0.444. The molecule has 188 valence electrons. The Balaban J connectivity index is 0.00000289. The molecule has 0 spiro atoms. The summed E-state index contributed by atoms with van der Waals surface area (Å²) in [6.07, 6.45) is 2.20. The zero-order valence-electron chi connectivity index (χ0n) is 20.4. The number of pyridine rings is 1. The van der Waals surface area contributed by atoms with Crippen molar-refractivity contribution in [1.29, 1.82) is 0 Å². The molecular formula is C27H34ClN3O4. The minimum absolute atomic E-state index is 0. The highest BCUT2D eigenvalue weighted by molar-refractivity contribution is 5.85. The van der Waals surface area contributed by atoms with E-state index < -0.39 is 0 Å². The number of methoxy groups -OCH3 is 1. The molecule has 1 aromatic heterocycles. The maximum absolute atomic E-state index is 12.7. The Bertz CT molecular complexity index is 1220. The first kappa shape index (κ1) is 25.4. The Hall–Kier alpha value is -2.74. The molecule has 1 saturated heterocycles. The van der Waals surface area contributed by atoms with Gasteiger partial charge in [-0.25, -0.2) is 0 Å². The molecule has 0 saturated carbocycles. The first-order chi connectivity index (χ1) is 16.6. The Morgan fingerprint density at radius 3 is 2.54 bits per heavy atom. The summed E-state index contributed by atoms with van der Waals surface area (Å²) in [5, 5.41) is 4.77. The Morgan fingerprint density at radius 1 is 1.00 bits per heavy atom. The highest BCUT2D eigenvalue weighted by atomic mass is 35.5. The van der Waals surface area contributed by atoms with Gasteiger partial charge in [0, 0.05) is 37.1 Å². The molecule has 2 aliphatic heterocycles. The van der Waals surface area contributed by atoms with Crippen LogP contribution in [0.1, 0.15) is 24.0 Å². The average molecular weight is 500 g/mol.